The van der Waals surface area contributed by atoms with E-state index in [1.54, 1.807) is 13.4 Å². The Labute approximate surface area is 170 Å². The number of hydrogen-bond donors (Lipinski definition) is 1. The Bertz CT molecular complexity index is 986. The average molecular weight is 394 g/mol. The molecule has 152 valence electrons. The second kappa shape index (κ2) is 8.17. The van der Waals surface area contributed by atoms with Crippen LogP contribution in [-0.2, 0) is 16.0 Å². The quantitative estimate of drug-likeness (QED) is 0.701. The normalized spacial score (nSPS) is 19.3. The van der Waals surface area contributed by atoms with Crippen LogP contribution in [0.2, 0.25) is 0 Å². The Balaban J connectivity index is 1.40. The van der Waals surface area contributed by atoms with Crippen LogP contribution in [0, 0.1) is 0 Å². The molecule has 0 spiro atoms. The van der Waals surface area contributed by atoms with Crippen molar-refractivity contribution < 1.29 is 18.7 Å². The molecule has 2 heterocycles. The minimum atomic E-state index is -0.0788. The van der Waals surface area contributed by atoms with Gasteiger partial charge in [0.25, 0.3) is 0 Å². The first-order valence-corrected chi connectivity index (χ1v) is 9.86. The SMILES string of the molecule is COc1ccc2c(CC(=O)Nc3ccc(N4C[C@@H](C)O[C@@H](C)C4)cc3)coc2c1. The third-order valence-corrected chi connectivity index (χ3v) is 5.15. The zero-order chi connectivity index (χ0) is 20.4. The summed E-state index contributed by atoms with van der Waals surface area (Å²) in [6.07, 6.45) is 2.30. The molecule has 1 amide bonds. The van der Waals surface area contributed by atoms with E-state index in [1.165, 1.54) is 0 Å². The number of rotatable bonds is 5. The van der Waals surface area contributed by atoms with Gasteiger partial charge in [-0.1, -0.05) is 0 Å². The summed E-state index contributed by atoms with van der Waals surface area (Å²) in [6.45, 7) is 5.92. The van der Waals surface area contributed by atoms with Gasteiger partial charge >= 0.3 is 0 Å². The summed E-state index contributed by atoms with van der Waals surface area (Å²) in [7, 11) is 1.62. The second-order valence-corrected chi connectivity index (χ2v) is 7.56. The summed E-state index contributed by atoms with van der Waals surface area (Å²) in [4.78, 5) is 14.8. The Morgan fingerprint density at radius 2 is 1.86 bits per heavy atom. The fourth-order valence-electron chi connectivity index (χ4n) is 3.85. The molecule has 1 saturated heterocycles. The van der Waals surface area contributed by atoms with Crippen LogP contribution in [-0.4, -0.2) is 38.3 Å². The zero-order valence-corrected chi connectivity index (χ0v) is 17.0. The molecule has 0 unspecified atom stereocenters. The summed E-state index contributed by atoms with van der Waals surface area (Å²) in [5, 5.41) is 3.89. The van der Waals surface area contributed by atoms with Crippen LogP contribution < -0.4 is 15.0 Å². The van der Waals surface area contributed by atoms with E-state index in [0.717, 1.165) is 41.2 Å². The number of amides is 1. The van der Waals surface area contributed by atoms with Crippen LogP contribution >= 0.6 is 0 Å². The van der Waals surface area contributed by atoms with Crippen LogP contribution in [0.3, 0.4) is 0 Å². The molecule has 29 heavy (non-hydrogen) atoms. The lowest BCUT2D eigenvalue weighted by Gasteiger charge is -2.36. The van der Waals surface area contributed by atoms with Crippen molar-refractivity contribution in [3.05, 3.63) is 54.3 Å². The number of anilines is 2. The van der Waals surface area contributed by atoms with Crippen LogP contribution in [0.5, 0.6) is 5.75 Å². The second-order valence-electron chi connectivity index (χ2n) is 7.56. The number of carbonyl (C=O) groups is 1. The van der Waals surface area contributed by atoms with Crippen LogP contribution in [0.25, 0.3) is 11.0 Å². The van der Waals surface area contributed by atoms with Gasteiger partial charge in [0.05, 0.1) is 32.0 Å². The highest BCUT2D eigenvalue weighted by atomic mass is 16.5. The summed E-state index contributed by atoms with van der Waals surface area (Å²) in [5.74, 6) is 0.650. The van der Waals surface area contributed by atoms with Crippen LogP contribution in [0.1, 0.15) is 19.4 Å². The highest BCUT2D eigenvalue weighted by molar-refractivity contribution is 5.95. The molecule has 6 nitrogen and oxygen atoms in total. The molecule has 0 aliphatic carbocycles. The Kier molecular flexibility index (Phi) is 5.45. The van der Waals surface area contributed by atoms with E-state index in [1.807, 2.05) is 42.5 Å². The van der Waals surface area contributed by atoms with Gasteiger partial charge in [-0.25, -0.2) is 0 Å². The first-order chi connectivity index (χ1) is 14.0. The molecular weight excluding hydrogens is 368 g/mol. The molecule has 3 aromatic rings. The van der Waals surface area contributed by atoms with Crippen LogP contribution in [0.4, 0.5) is 11.4 Å². The van der Waals surface area contributed by atoms with Crippen molar-refractivity contribution in [2.45, 2.75) is 32.5 Å². The van der Waals surface area contributed by atoms with Gasteiger partial charge in [-0.15, -0.1) is 0 Å². The van der Waals surface area contributed by atoms with Crippen molar-refractivity contribution in [1.29, 1.82) is 0 Å². The van der Waals surface area contributed by atoms with Gasteiger partial charge in [0.2, 0.25) is 5.91 Å². The van der Waals surface area contributed by atoms with Gasteiger partial charge < -0.3 is 24.1 Å². The summed E-state index contributed by atoms with van der Waals surface area (Å²) in [5.41, 5.74) is 3.49. The summed E-state index contributed by atoms with van der Waals surface area (Å²) in [6, 6.07) is 13.6. The van der Waals surface area contributed by atoms with E-state index in [9.17, 15) is 4.79 Å². The number of carbonyl (C=O) groups excluding carboxylic acids is 1. The molecule has 1 aliphatic heterocycles. The first kappa shape index (κ1) is 19.3. The minimum Gasteiger partial charge on any atom is -0.497 e. The number of morpholine rings is 1. The van der Waals surface area contributed by atoms with Gasteiger partial charge in [0.15, 0.2) is 0 Å². The Morgan fingerprint density at radius 3 is 2.55 bits per heavy atom. The molecule has 1 N–H and O–H groups in total. The fourth-order valence-corrected chi connectivity index (χ4v) is 3.85. The van der Waals surface area contributed by atoms with Crippen molar-refractivity contribution in [2.24, 2.45) is 0 Å². The number of ether oxygens (including phenoxy) is 2. The molecule has 2 aromatic carbocycles. The highest BCUT2D eigenvalue weighted by Crippen LogP contribution is 2.26. The number of fused-ring (bicyclic) bond motifs is 1. The number of nitrogens with one attached hydrogen (secondary N) is 1. The molecule has 1 fully saturated rings. The average Bonchev–Trinajstić information content (AvgIpc) is 3.09. The van der Waals surface area contributed by atoms with Crippen molar-refractivity contribution in [1.82, 2.24) is 0 Å². The highest BCUT2D eigenvalue weighted by Gasteiger charge is 2.22. The van der Waals surface area contributed by atoms with Crippen molar-refractivity contribution >= 4 is 28.3 Å². The van der Waals surface area contributed by atoms with E-state index in [-0.39, 0.29) is 24.5 Å². The third-order valence-electron chi connectivity index (χ3n) is 5.15. The molecule has 0 bridgehead atoms. The number of furan rings is 1. The van der Waals surface area contributed by atoms with Gasteiger partial charge in [-0.2, -0.15) is 0 Å². The maximum Gasteiger partial charge on any atom is 0.228 e. The molecule has 1 aromatic heterocycles. The van der Waals surface area contributed by atoms with E-state index in [0.29, 0.717) is 5.58 Å². The summed E-state index contributed by atoms with van der Waals surface area (Å²) >= 11 is 0. The predicted molar refractivity (Wildman–Crippen MR) is 114 cm³/mol. The third kappa shape index (κ3) is 4.38. The smallest absolute Gasteiger partial charge is 0.228 e. The molecule has 2 atom stereocenters. The molecule has 6 heteroatoms. The molecular formula is C23H26N2O4. The standard InChI is InChI=1S/C23H26N2O4/c1-15-12-25(13-16(2)29-15)19-6-4-18(5-7-19)24-23(26)10-17-14-28-22-11-20(27-3)8-9-21(17)22/h4-9,11,14-16H,10,12-13H2,1-3H3,(H,24,26)/t15-,16+. The fraction of sp³-hybridized carbons (Fsp3) is 0.348. The number of hydrogen-bond acceptors (Lipinski definition) is 5. The number of methoxy groups -OCH3 is 1. The van der Waals surface area contributed by atoms with Crippen molar-refractivity contribution in [3.8, 4) is 5.75 Å². The predicted octanol–water partition coefficient (Wildman–Crippen LogP) is 4.24. The van der Waals surface area contributed by atoms with E-state index in [2.05, 4.69) is 24.1 Å². The maximum atomic E-state index is 12.5. The molecule has 0 saturated carbocycles. The van der Waals surface area contributed by atoms with Gasteiger partial charge in [0, 0.05) is 41.5 Å². The molecule has 4 rings (SSSR count). The Morgan fingerprint density at radius 1 is 1.14 bits per heavy atom. The van der Waals surface area contributed by atoms with Gasteiger partial charge in [-0.05, 0) is 50.2 Å². The first-order valence-electron chi connectivity index (χ1n) is 9.86. The largest absolute Gasteiger partial charge is 0.497 e. The van der Waals surface area contributed by atoms with Crippen molar-refractivity contribution in [2.75, 3.05) is 30.4 Å². The summed E-state index contributed by atoms with van der Waals surface area (Å²) < 4.78 is 16.6. The lowest BCUT2D eigenvalue weighted by atomic mass is 10.1. The maximum absolute atomic E-state index is 12.5. The Hall–Kier alpha value is -2.99. The van der Waals surface area contributed by atoms with Crippen molar-refractivity contribution in [3.63, 3.8) is 0 Å². The lowest BCUT2D eigenvalue weighted by molar-refractivity contribution is -0.115. The van der Waals surface area contributed by atoms with Gasteiger partial charge in [0.1, 0.15) is 11.3 Å². The van der Waals surface area contributed by atoms with E-state index >= 15 is 0 Å². The monoisotopic (exact) mass is 394 g/mol. The number of benzene rings is 2. The topological polar surface area (TPSA) is 63.9 Å². The van der Waals surface area contributed by atoms with Gasteiger partial charge in [-0.3, -0.25) is 4.79 Å². The molecule has 1 aliphatic rings. The lowest BCUT2D eigenvalue weighted by Crippen LogP contribution is -2.45. The zero-order valence-electron chi connectivity index (χ0n) is 17.0. The van der Waals surface area contributed by atoms with Crippen LogP contribution in [0.15, 0.2) is 53.1 Å². The minimum absolute atomic E-state index is 0.0788. The van der Waals surface area contributed by atoms with E-state index < -0.39 is 0 Å². The molecule has 0 radical (unpaired) electrons. The number of nitrogens with zero attached hydrogens (tertiary/aromatic N) is 1. The van der Waals surface area contributed by atoms with E-state index in [4.69, 9.17) is 13.9 Å².